The van der Waals surface area contributed by atoms with Crippen LogP contribution in [0.3, 0.4) is 0 Å². The van der Waals surface area contributed by atoms with Gasteiger partial charge < -0.3 is 9.74 Å². The van der Waals surface area contributed by atoms with Crippen LogP contribution in [0.2, 0.25) is 0 Å². The van der Waals surface area contributed by atoms with Gasteiger partial charge in [-0.1, -0.05) is 30.3 Å². The molecule has 1 unspecified atom stereocenters. The monoisotopic (exact) mass is 330 g/mol. The van der Waals surface area contributed by atoms with Gasteiger partial charge in [-0.15, -0.1) is 5.06 Å². The number of amides is 3. The predicted molar refractivity (Wildman–Crippen MR) is 86.7 cm³/mol. The van der Waals surface area contributed by atoms with Gasteiger partial charge in [0, 0.05) is 25.4 Å². The molecule has 24 heavy (non-hydrogen) atoms. The first kappa shape index (κ1) is 16.5. The summed E-state index contributed by atoms with van der Waals surface area (Å²) in [4.78, 5) is 42.4. The number of likely N-dealkylation sites (tertiary alicyclic amines) is 1. The minimum absolute atomic E-state index is 0.0827. The van der Waals surface area contributed by atoms with Crippen molar-refractivity contribution < 1.29 is 19.2 Å². The summed E-state index contributed by atoms with van der Waals surface area (Å²) in [7, 11) is 0. The molecule has 2 aliphatic rings. The Morgan fingerprint density at radius 1 is 1.08 bits per heavy atom. The molecule has 0 saturated carbocycles. The molecule has 6 heteroatoms. The van der Waals surface area contributed by atoms with Crippen LogP contribution in [0, 0.1) is 0 Å². The lowest BCUT2D eigenvalue weighted by molar-refractivity contribution is -0.174. The van der Waals surface area contributed by atoms with Gasteiger partial charge in [-0.3, -0.25) is 9.59 Å². The standard InChI is InChI=1S/C18H22N2O4/c21-16-11-12-17(22)20(16)24-18(23)19-13-5-4-8-15(19)10-9-14-6-2-1-3-7-14/h1-3,6-7,15H,4-5,8-13H2. The van der Waals surface area contributed by atoms with Crippen molar-refractivity contribution in [2.24, 2.45) is 0 Å². The maximum atomic E-state index is 12.4. The SMILES string of the molecule is O=C1CCC(=O)N1OC(=O)N1CCCCC1CCc1ccccc1. The summed E-state index contributed by atoms with van der Waals surface area (Å²) in [5, 5.41) is 0.630. The summed E-state index contributed by atoms with van der Waals surface area (Å²) >= 11 is 0. The molecule has 0 aliphatic carbocycles. The highest BCUT2D eigenvalue weighted by Gasteiger charge is 2.36. The fraction of sp³-hybridized carbons (Fsp3) is 0.500. The van der Waals surface area contributed by atoms with Crippen LogP contribution in [0.1, 0.15) is 44.1 Å². The number of carbonyl (C=O) groups is 3. The molecule has 2 fully saturated rings. The highest BCUT2D eigenvalue weighted by molar-refractivity contribution is 6.01. The number of hydrogen-bond acceptors (Lipinski definition) is 4. The molecule has 2 saturated heterocycles. The molecule has 3 rings (SSSR count). The van der Waals surface area contributed by atoms with Crippen molar-refractivity contribution in [3.8, 4) is 0 Å². The third kappa shape index (κ3) is 3.75. The van der Waals surface area contributed by atoms with E-state index in [1.807, 2.05) is 18.2 Å². The molecule has 6 nitrogen and oxygen atoms in total. The van der Waals surface area contributed by atoms with E-state index in [0.717, 1.165) is 32.1 Å². The highest BCUT2D eigenvalue weighted by atomic mass is 16.7. The molecule has 1 aromatic rings. The number of hydrogen-bond donors (Lipinski definition) is 0. The number of piperidine rings is 1. The molecule has 0 bridgehead atoms. The first-order valence-electron chi connectivity index (χ1n) is 8.53. The smallest absolute Gasteiger partial charge is 0.311 e. The van der Waals surface area contributed by atoms with Crippen molar-refractivity contribution in [2.45, 2.75) is 51.0 Å². The molecular formula is C18H22N2O4. The number of nitrogens with zero attached hydrogens (tertiary/aromatic N) is 2. The van der Waals surface area contributed by atoms with E-state index in [2.05, 4.69) is 12.1 Å². The molecule has 0 aromatic heterocycles. The van der Waals surface area contributed by atoms with Crippen molar-refractivity contribution >= 4 is 17.9 Å². The van der Waals surface area contributed by atoms with Crippen molar-refractivity contribution in [2.75, 3.05) is 6.54 Å². The van der Waals surface area contributed by atoms with Gasteiger partial charge in [0.15, 0.2) is 0 Å². The number of imide groups is 1. The van der Waals surface area contributed by atoms with E-state index in [9.17, 15) is 14.4 Å². The molecule has 2 heterocycles. The van der Waals surface area contributed by atoms with Crippen LogP contribution in [0.25, 0.3) is 0 Å². The van der Waals surface area contributed by atoms with E-state index in [0.29, 0.717) is 11.6 Å². The largest absolute Gasteiger partial charge is 0.435 e. The van der Waals surface area contributed by atoms with Crippen LogP contribution < -0.4 is 0 Å². The van der Waals surface area contributed by atoms with Gasteiger partial charge in [0.1, 0.15) is 0 Å². The van der Waals surface area contributed by atoms with E-state index in [-0.39, 0.29) is 18.9 Å². The third-order valence-electron chi connectivity index (χ3n) is 4.65. The Morgan fingerprint density at radius 2 is 1.79 bits per heavy atom. The number of hydroxylamine groups is 2. The Labute approximate surface area is 141 Å². The van der Waals surface area contributed by atoms with Crippen LogP contribution >= 0.6 is 0 Å². The minimum atomic E-state index is -0.587. The maximum Gasteiger partial charge on any atom is 0.435 e. The van der Waals surface area contributed by atoms with E-state index >= 15 is 0 Å². The Morgan fingerprint density at radius 3 is 2.50 bits per heavy atom. The van der Waals surface area contributed by atoms with E-state index < -0.39 is 17.9 Å². The fourth-order valence-corrected chi connectivity index (χ4v) is 3.31. The normalized spacial score (nSPS) is 21.2. The van der Waals surface area contributed by atoms with Gasteiger partial charge in [0.2, 0.25) is 0 Å². The number of carbonyl (C=O) groups excluding carboxylic acids is 3. The van der Waals surface area contributed by atoms with Crippen molar-refractivity contribution in [1.29, 1.82) is 0 Å². The summed E-state index contributed by atoms with van der Waals surface area (Å²) in [5.74, 6) is -0.877. The third-order valence-corrected chi connectivity index (χ3v) is 4.65. The molecule has 0 N–H and O–H groups in total. The zero-order valence-electron chi connectivity index (χ0n) is 13.6. The number of rotatable bonds is 4. The second-order valence-corrected chi connectivity index (χ2v) is 6.31. The van der Waals surface area contributed by atoms with Gasteiger partial charge >= 0.3 is 6.09 Å². The van der Waals surface area contributed by atoms with Crippen molar-refractivity contribution in [1.82, 2.24) is 9.96 Å². The highest BCUT2D eigenvalue weighted by Crippen LogP contribution is 2.23. The Balaban J connectivity index is 1.60. The molecule has 0 radical (unpaired) electrons. The zero-order chi connectivity index (χ0) is 16.9. The number of benzene rings is 1. The lowest BCUT2D eigenvalue weighted by atomic mass is 9.96. The van der Waals surface area contributed by atoms with Gasteiger partial charge in [0.05, 0.1) is 0 Å². The molecular weight excluding hydrogens is 308 g/mol. The Hall–Kier alpha value is -2.37. The quantitative estimate of drug-likeness (QED) is 0.796. The van der Waals surface area contributed by atoms with E-state index in [1.165, 1.54) is 5.56 Å². The van der Waals surface area contributed by atoms with Gasteiger partial charge in [0.25, 0.3) is 11.8 Å². The Kier molecular flexibility index (Phi) is 5.13. The fourth-order valence-electron chi connectivity index (χ4n) is 3.31. The second kappa shape index (κ2) is 7.47. The average molecular weight is 330 g/mol. The average Bonchev–Trinajstić information content (AvgIpc) is 2.93. The van der Waals surface area contributed by atoms with Crippen LogP contribution in [0.15, 0.2) is 30.3 Å². The topological polar surface area (TPSA) is 66.9 Å². The summed E-state index contributed by atoms with van der Waals surface area (Å²) in [6.45, 7) is 0.606. The zero-order valence-corrected chi connectivity index (χ0v) is 13.6. The van der Waals surface area contributed by atoms with Crippen LogP contribution in [0.4, 0.5) is 4.79 Å². The molecule has 3 amide bonds. The van der Waals surface area contributed by atoms with Gasteiger partial charge in [-0.25, -0.2) is 4.79 Å². The summed E-state index contributed by atoms with van der Waals surface area (Å²) in [6.07, 6.45) is 4.29. The molecule has 2 aliphatic heterocycles. The lowest BCUT2D eigenvalue weighted by Gasteiger charge is -2.35. The first-order chi connectivity index (χ1) is 11.6. The van der Waals surface area contributed by atoms with E-state index in [1.54, 1.807) is 4.90 Å². The Bertz CT molecular complexity index is 601. The number of aryl methyl sites for hydroxylation is 1. The predicted octanol–water partition coefficient (Wildman–Crippen LogP) is 2.67. The summed E-state index contributed by atoms with van der Waals surface area (Å²) in [5.41, 5.74) is 1.24. The summed E-state index contributed by atoms with van der Waals surface area (Å²) in [6, 6.07) is 10.2. The maximum absolute atomic E-state index is 12.4. The van der Waals surface area contributed by atoms with Crippen LogP contribution in [-0.2, 0) is 20.8 Å². The summed E-state index contributed by atoms with van der Waals surface area (Å²) < 4.78 is 0. The molecule has 1 aromatic carbocycles. The van der Waals surface area contributed by atoms with E-state index in [4.69, 9.17) is 4.84 Å². The van der Waals surface area contributed by atoms with Crippen molar-refractivity contribution in [3.05, 3.63) is 35.9 Å². The van der Waals surface area contributed by atoms with Gasteiger partial charge in [-0.2, -0.15) is 0 Å². The van der Waals surface area contributed by atoms with Crippen LogP contribution in [0.5, 0.6) is 0 Å². The molecule has 0 spiro atoms. The van der Waals surface area contributed by atoms with Crippen molar-refractivity contribution in [3.63, 3.8) is 0 Å². The van der Waals surface area contributed by atoms with Gasteiger partial charge in [-0.05, 0) is 37.7 Å². The van der Waals surface area contributed by atoms with Crippen LogP contribution in [-0.4, -0.2) is 40.5 Å². The second-order valence-electron chi connectivity index (χ2n) is 6.31. The lowest BCUT2D eigenvalue weighted by Crippen LogP contribution is -2.47. The molecule has 128 valence electrons. The minimum Gasteiger partial charge on any atom is -0.311 e. The molecule has 1 atom stereocenters. The first-order valence-corrected chi connectivity index (χ1v) is 8.53.